The number of Topliss-reactive ketones (excluding diaryl/α,β-unsaturated/α-hetero) is 1. The third-order valence-electron chi connectivity index (χ3n) is 2.12. The minimum Gasteiger partial charge on any atom is -0.358 e. The Morgan fingerprint density at radius 1 is 1.69 bits per heavy atom. The molecule has 1 aliphatic rings. The zero-order chi connectivity index (χ0) is 9.84. The molecule has 0 radical (unpaired) electrons. The van der Waals surface area contributed by atoms with E-state index in [2.05, 4.69) is 5.32 Å². The Hall–Kier alpha value is -0.710. The van der Waals surface area contributed by atoms with Gasteiger partial charge in [-0.3, -0.25) is 13.8 Å². The van der Waals surface area contributed by atoms with Gasteiger partial charge < -0.3 is 5.32 Å². The number of amides is 1. The van der Waals surface area contributed by atoms with Gasteiger partial charge in [0.15, 0.2) is 0 Å². The molecule has 1 saturated carbocycles. The predicted octanol–water partition coefficient (Wildman–Crippen LogP) is -0.397. The molecule has 4 nitrogen and oxygen atoms in total. The van der Waals surface area contributed by atoms with Crippen molar-refractivity contribution in [1.29, 1.82) is 0 Å². The molecular weight excluding hydrogens is 190 g/mol. The normalized spacial score (nSPS) is 24.4. The first-order chi connectivity index (χ1) is 6.15. The molecule has 1 aliphatic carbocycles. The maximum absolute atomic E-state index is 11.5. The zero-order valence-electron chi connectivity index (χ0n) is 7.54. The van der Waals surface area contributed by atoms with Crippen LogP contribution < -0.4 is 5.32 Å². The van der Waals surface area contributed by atoms with E-state index in [1.54, 1.807) is 0 Å². The molecule has 0 aromatic rings. The highest BCUT2D eigenvalue weighted by Gasteiger charge is 2.30. The lowest BCUT2D eigenvalue weighted by Crippen LogP contribution is -2.30. The number of carbonyl (C=O) groups excluding carboxylic acids is 2. The van der Waals surface area contributed by atoms with Crippen molar-refractivity contribution < 1.29 is 13.8 Å². The second kappa shape index (κ2) is 4.50. The second-order valence-electron chi connectivity index (χ2n) is 3.05. The number of hydrogen-bond acceptors (Lipinski definition) is 3. The minimum absolute atomic E-state index is 0.0437. The molecule has 0 heterocycles. The largest absolute Gasteiger partial charge is 0.358 e. The van der Waals surface area contributed by atoms with Crippen LogP contribution in [0.2, 0.25) is 0 Å². The maximum Gasteiger partial charge on any atom is 0.232 e. The Morgan fingerprint density at radius 2 is 2.38 bits per heavy atom. The van der Waals surface area contributed by atoms with Gasteiger partial charge in [0, 0.05) is 24.3 Å². The Labute approximate surface area is 79.5 Å². The first-order valence-electron chi connectivity index (χ1n) is 4.25. The number of carbonyl (C=O) groups is 2. The molecular formula is C8H13NO3S. The fraction of sp³-hybridized carbons (Fsp3) is 0.750. The Bertz CT molecular complexity index is 252. The summed E-state index contributed by atoms with van der Waals surface area (Å²) in [4.78, 5) is 22.0. The SMILES string of the molecule is CNC(=O)CS(=O)C1CCCC1=O. The molecule has 0 aromatic heterocycles. The summed E-state index contributed by atoms with van der Waals surface area (Å²) in [6.07, 6.45) is 2.00. The lowest BCUT2D eigenvalue weighted by Gasteiger charge is -2.06. The third kappa shape index (κ3) is 2.62. The summed E-state index contributed by atoms with van der Waals surface area (Å²) in [5.74, 6) is -0.271. The van der Waals surface area contributed by atoms with Gasteiger partial charge >= 0.3 is 0 Å². The molecule has 0 aromatic carbocycles. The van der Waals surface area contributed by atoms with Crippen LogP contribution in [-0.4, -0.2) is 33.9 Å². The van der Waals surface area contributed by atoms with E-state index in [4.69, 9.17) is 0 Å². The molecule has 0 aliphatic heterocycles. The highest BCUT2D eigenvalue weighted by Crippen LogP contribution is 2.19. The van der Waals surface area contributed by atoms with Crippen LogP contribution in [0.4, 0.5) is 0 Å². The monoisotopic (exact) mass is 203 g/mol. The molecule has 1 fully saturated rings. The van der Waals surface area contributed by atoms with Crippen LogP contribution in [0.1, 0.15) is 19.3 Å². The van der Waals surface area contributed by atoms with Gasteiger partial charge in [-0.05, 0) is 12.8 Å². The Morgan fingerprint density at radius 3 is 2.85 bits per heavy atom. The second-order valence-corrected chi connectivity index (χ2v) is 4.66. The summed E-state index contributed by atoms with van der Waals surface area (Å²) in [5.41, 5.74) is 0. The average molecular weight is 203 g/mol. The van der Waals surface area contributed by atoms with Crippen molar-refractivity contribution in [3.63, 3.8) is 0 Å². The summed E-state index contributed by atoms with van der Waals surface area (Å²) in [6, 6.07) is 0. The fourth-order valence-corrected chi connectivity index (χ4v) is 2.81. The van der Waals surface area contributed by atoms with Gasteiger partial charge in [-0.2, -0.15) is 0 Å². The van der Waals surface area contributed by atoms with Gasteiger partial charge in [0.25, 0.3) is 0 Å². The molecule has 0 spiro atoms. The van der Waals surface area contributed by atoms with Crippen LogP contribution in [0.15, 0.2) is 0 Å². The van der Waals surface area contributed by atoms with Crippen LogP contribution >= 0.6 is 0 Å². The molecule has 1 amide bonds. The van der Waals surface area contributed by atoms with E-state index in [0.29, 0.717) is 12.8 Å². The molecule has 74 valence electrons. The lowest BCUT2D eigenvalue weighted by atomic mass is 10.3. The number of ketones is 1. The van der Waals surface area contributed by atoms with Crippen LogP contribution in [0.25, 0.3) is 0 Å². The van der Waals surface area contributed by atoms with Crippen LogP contribution in [0.5, 0.6) is 0 Å². The van der Waals surface area contributed by atoms with E-state index >= 15 is 0 Å². The van der Waals surface area contributed by atoms with Gasteiger partial charge in [-0.1, -0.05) is 0 Å². The van der Waals surface area contributed by atoms with E-state index in [1.807, 2.05) is 0 Å². The molecule has 0 saturated heterocycles. The van der Waals surface area contributed by atoms with Crippen LogP contribution in [0, 0.1) is 0 Å². The van der Waals surface area contributed by atoms with Crippen molar-refractivity contribution in [1.82, 2.24) is 5.32 Å². The molecule has 1 N–H and O–H groups in total. The van der Waals surface area contributed by atoms with Gasteiger partial charge in [0.1, 0.15) is 11.5 Å². The van der Waals surface area contributed by atoms with Crippen molar-refractivity contribution in [2.75, 3.05) is 12.8 Å². The highest BCUT2D eigenvalue weighted by atomic mass is 32.2. The highest BCUT2D eigenvalue weighted by molar-refractivity contribution is 7.87. The van der Waals surface area contributed by atoms with Crippen molar-refractivity contribution in [2.24, 2.45) is 0 Å². The molecule has 2 unspecified atom stereocenters. The van der Waals surface area contributed by atoms with Crippen molar-refractivity contribution >= 4 is 22.5 Å². The van der Waals surface area contributed by atoms with Crippen LogP contribution in [0.3, 0.4) is 0 Å². The molecule has 0 bridgehead atoms. The van der Waals surface area contributed by atoms with Gasteiger partial charge in [-0.25, -0.2) is 0 Å². The first-order valence-corrected chi connectivity index (χ1v) is 5.64. The standard InChI is InChI=1S/C8H13NO3S/c1-9-8(11)5-13(12)7-4-2-3-6(7)10/h7H,2-5H2,1H3,(H,9,11). The summed E-state index contributed by atoms with van der Waals surface area (Å²) in [6.45, 7) is 0. The number of rotatable bonds is 3. The lowest BCUT2D eigenvalue weighted by molar-refractivity contribution is -0.118. The molecule has 2 atom stereocenters. The van der Waals surface area contributed by atoms with Gasteiger partial charge in [0.2, 0.25) is 5.91 Å². The van der Waals surface area contributed by atoms with Gasteiger partial charge in [0.05, 0.1) is 5.25 Å². The summed E-state index contributed by atoms with van der Waals surface area (Å²) >= 11 is 0. The topological polar surface area (TPSA) is 63.2 Å². The van der Waals surface area contributed by atoms with Crippen molar-refractivity contribution in [3.8, 4) is 0 Å². The molecule has 13 heavy (non-hydrogen) atoms. The zero-order valence-corrected chi connectivity index (χ0v) is 8.36. The summed E-state index contributed by atoms with van der Waals surface area (Å²) in [7, 11) is 0.179. The Balaban J connectivity index is 2.47. The van der Waals surface area contributed by atoms with Crippen LogP contribution in [-0.2, 0) is 20.4 Å². The van der Waals surface area contributed by atoms with E-state index in [9.17, 15) is 13.8 Å². The van der Waals surface area contributed by atoms with Crippen molar-refractivity contribution in [3.05, 3.63) is 0 Å². The predicted molar refractivity (Wildman–Crippen MR) is 49.7 cm³/mol. The average Bonchev–Trinajstić information content (AvgIpc) is 2.51. The van der Waals surface area contributed by atoms with Gasteiger partial charge in [-0.15, -0.1) is 0 Å². The number of hydrogen-bond donors (Lipinski definition) is 1. The third-order valence-corrected chi connectivity index (χ3v) is 3.80. The van der Waals surface area contributed by atoms with E-state index in [0.717, 1.165) is 6.42 Å². The van der Waals surface area contributed by atoms with E-state index < -0.39 is 16.0 Å². The summed E-state index contributed by atoms with van der Waals surface area (Å²) < 4.78 is 11.5. The smallest absolute Gasteiger partial charge is 0.232 e. The number of nitrogens with one attached hydrogen (secondary N) is 1. The maximum atomic E-state index is 11.5. The summed E-state index contributed by atoms with van der Waals surface area (Å²) in [5, 5.41) is 2.00. The molecule has 5 heteroatoms. The fourth-order valence-electron chi connectivity index (χ4n) is 1.36. The first kappa shape index (κ1) is 10.4. The van der Waals surface area contributed by atoms with E-state index in [1.165, 1.54) is 7.05 Å². The quantitative estimate of drug-likeness (QED) is 0.679. The Kier molecular flexibility index (Phi) is 3.59. The molecule has 1 rings (SSSR count). The van der Waals surface area contributed by atoms with E-state index in [-0.39, 0.29) is 17.4 Å². The van der Waals surface area contributed by atoms with Crippen molar-refractivity contribution in [2.45, 2.75) is 24.5 Å². The minimum atomic E-state index is -1.32.